The largest absolute Gasteiger partial charge is 0.373 e. The number of nitrogens with zero attached hydrogens (tertiary/aromatic N) is 2. The highest BCUT2D eigenvalue weighted by atomic mass is 32.2. The molecule has 0 aliphatic carbocycles. The van der Waals surface area contributed by atoms with Crippen LogP contribution in [0.1, 0.15) is 5.56 Å². The first kappa shape index (κ1) is 12.7. The lowest BCUT2D eigenvalue weighted by Crippen LogP contribution is -2.02. The van der Waals surface area contributed by atoms with Crippen LogP contribution in [-0.2, 0) is 6.54 Å². The van der Waals surface area contributed by atoms with E-state index in [2.05, 4.69) is 51.1 Å². The average Bonchev–Trinajstić information content (AvgIpc) is 2.46. The van der Waals surface area contributed by atoms with Crippen LogP contribution in [0, 0.1) is 0 Å². The normalized spacial score (nSPS) is 10.1. The van der Waals surface area contributed by atoms with E-state index in [0.29, 0.717) is 0 Å². The van der Waals surface area contributed by atoms with Crippen LogP contribution in [-0.4, -0.2) is 23.3 Å². The molecule has 18 heavy (non-hydrogen) atoms. The Bertz CT molecular complexity index is 499. The van der Waals surface area contributed by atoms with Gasteiger partial charge in [0, 0.05) is 24.6 Å². The number of hydrogen-bond acceptors (Lipinski definition) is 5. The van der Waals surface area contributed by atoms with Gasteiger partial charge in [0.25, 0.3) is 0 Å². The molecule has 5 heteroatoms. The van der Waals surface area contributed by atoms with E-state index in [1.165, 1.54) is 10.5 Å². The third-order valence-corrected chi connectivity index (χ3v) is 3.30. The lowest BCUT2D eigenvalue weighted by molar-refractivity contribution is 1.08. The third kappa shape index (κ3) is 3.37. The van der Waals surface area contributed by atoms with Gasteiger partial charge >= 0.3 is 0 Å². The quantitative estimate of drug-likeness (QED) is 0.810. The molecule has 0 aliphatic rings. The summed E-state index contributed by atoms with van der Waals surface area (Å²) in [6, 6.07) is 10.4. The van der Waals surface area contributed by atoms with Crippen molar-refractivity contribution in [1.29, 1.82) is 0 Å². The molecule has 1 aromatic carbocycles. The molecule has 0 radical (unpaired) electrons. The maximum atomic E-state index is 4.17. The lowest BCUT2D eigenvalue weighted by Gasteiger charge is -2.07. The zero-order chi connectivity index (χ0) is 12.8. The molecular weight excluding hydrogens is 244 g/mol. The first-order valence-electron chi connectivity index (χ1n) is 5.68. The van der Waals surface area contributed by atoms with E-state index in [9.17, 15) is 0 Å². The van der Waals surface area contributed by atoms with Gasteiger partial charge in [-0.2, -0.15) is 0 Å². The molecule has 0 saturated carbocycles. The van der Waals surface area contributed by atoms with Crippen molar-refractivity contribution in [1.82, 2.24) is 9.97 Å². The SMILES string of the molecule is CNc1cc(NCc2ccc(SC)cc2)ncn1. The van der Waals surface area contributed by atoms with Gasteiger partial charge in [-0.25, -0.2) is 9.97 Å². The van der Waals surface area contributed by atoms with Crippen molar-refractivity contribution in [3.8, 4) is 0 Å². The molecule has 0 bridgehead atoms. The highest BCUT2D eigenvalue weighted by molar-refractivity contribution is 7.98. The maximum Gasteiger partial charge on any atom is 0.131 e. The summed E-state index contributed by atoms with van der Waals surface area (Å²) < 4.78 is 0. The van der Waals surface area contributed by atoms with Crippen LogP contribution in [0.4, 0.5) is 11.6 Å². The minimum Gasteiger partial charge on any atom is -0.373 e. The Kier molecular flexibility index (Phi) is 4.41. The summed E-state index contributed by atoms with van der Waals surface area (Å²) in [4.78, 5) is 9.52. The topological polar surface area (TPSA) is 49.8 Å². The monoisotopic (exact) mass is 260 g/mol. The van der Waals surface area contributed by atoms with Crippen molar-refractivity contribution < 1.29 is 0 Å². The third-order valence-electron chi connectivity index (χ3n) is 2.56. The van der Waals surface area contributed by atoms with E-state index < -0.39 is 0 Å². The van der Waals surface area contributed by atoms with E-state index in [4.69, 9.17) is 0 Å². The molecular formula is C13H16N4S. The molecule has 2 rings (SSSR count). The van der Waals surface area contributed by atoms with Crippen LogP contribution < -0.4 is 10.6 Å². The molecule has 0 amide bonds. The second-order valence-corrected chi connectivity index (χ2v) is 4.62. The molecule has 94 valence electrons. The van der Waals surface area contributed by atoms with Gasteiger partial charge in [-0.15, -0.1) is 11.8 Å². The molecule has 0 saturated heterocycles. The Morgan fingerprint density at radius 1 is 1.11 bits per heavy atom. The summed E-state index contributed by atoms with van der Waals surface area (Å²) in [6.07, 6.45) is 3.62. The van der Waals surface area contributed by atoms with E-state index in [1.807, 2.05) is 13.1 Å². The molecule has 0 unspecified atom stereocenters. The molecule has 0 atom stereocenters. The van der Waals surface area contributed by atoms with E-state index >= 15 is 0 Å². The maximum absolute atomic E-state index is 4.17. The Balaban J connectivity index is 1.97. The van der Waals surface area contributed by atoms with Crippen molar-refractivity contribution in [2.24, 2.45) is 0 Å². The summed E-state index contributed by atoms with van der Waals surface area (Å²) in [7, 11) is 1.84. The Morgan fingerprint density at radius 2 is 1.83 bits per heavy atom. The van der Waals surface area contributed by atoms with Gasteiger partial charge in [0.05, 0.1) is 0 Å². The smallest absolute Gasteiger partial charge is 0.131 e. The zero-order valence-electron chi connectivity index (χ0n) is 10.5. The minimum atomic E-state index is 0.759. The molecule has 0 spiro atoms. The number of hydrogen-bond donors (Lipinski definition) is 2. The van der Waals surface area contributed by atoms with Gasteiger partial charge in [0.2, 0.25) is 0 Å². The fourth-order valence-electron chi connectivity index (χ4n) is 1.53. The van der Waals surface area contributed by atoms with Crippen molar-refractivity contribution in [2.45, 2.75) is 11.4 Å². The van der Waals surface area contributed by atoms with Crippen LogP contribution in [0.25, 0.3) is 0 Å². The van der Waals surface area contributed by atoms with Crippen LogP contribution in [0.3, 0.4) is 0 Å². The number of rotatable bonds is 5. The Hall–Kier alpha value is -1.75. The first-order valence-corrected chi connectivity index (χ1v) is 6.91. The number of benzene rings is 1. The van der Waals surface area contributed by atoms with Gasteiger partial charge in [-0.3, -0.25) is 0 Å². The molecule has 4 nitrogen and oxygen atoms in total. The molecule has 2 N–H and O–H groups in total. The molecule has 1 heterocycles. The predicted octanol–water partition coefficient (Wildman–Crippen LogP) is 2.85. The second-order valence-electron chi connectivity index (χ2n) is 3.74. The summed E-state index contributed by atoms with van der Waals surface area (Å²) in [6.45, 7) is 0.759. The van der Waals surface area contributed by atoms with Gasteiger partial charge in [0.1, 0.15) is 18.0 Å². The van der Waals surface area contributed by atoms with Gasteiger partial charge in [0.15, 0.2) is 0 Å². The summed E-state index contributed by atoms with van der Waals surface area (Å²) in [5, 5.41) is 6.26. The highest BCUT2D eigenvalue weighted by Crippen LogP contribution is 2.15. The van der Waals surface area contributed by atoms with Crippen LogP contribution in [0.2, 0.25) is 0 Å². The fraction of sp³-hybridized carbons (Fsp3) is 0.231. The number of thioether (sulfide) groups is 1. The van der Waals surface area contributed by atoms with Crippen LogP contribution in [0.5, 0.6) is 0 Å². The zero-order valence-corrected chi connectivity index (χ0v) is 11.3. The minimum absolute atomic E-state index is 0.759. The van der Waals surface area contributed by atoms with Gasteiger partial charge in [-0.1, -0.05) is 12.1 Å². The standard InChI is InChI=1S/C13H16N4S/c1-14-12-7-13(17-9-16-12)15-8-10-3-5-11(18-2)6-4-10/h3-7,9H,8H2,1-2H3,(H2,14,15,16,17). The molecule has 2 aromatic rings. The Morgan fingerprint density at radius 3 is 2.50 bits per heavy atom. The molecule has 1 aromatic heterocycles. The van der Waals surface area contributed by atoms with Crippen molar-refractivity contribution in [3.05, 3.63) is 42.2 Å². The summed E-state index contributed by atoms with van der Waals surface area (Å²) >= 11 is 1.75. The Labute approximate surface area is 111 Å². The van der Waals surface area contributed by atoms with Crippen LogP contribution >= 0.6 is 11.8 Å². The number of anilines is 2. The van der Waals surface area contributed by atoms with E-state index in [1.54, 1.807) is 18.1 Å². The van der Waals surface area contributed by atoms with Crippen molar-refractivity contribution >= 4 is 23.4 Å². The van der Waals surface area contributed by atoms with E-state index in [-0.39, 0.29) is 0 Å². The summed E-state index contributed by atoms with van der Waals surface area (Å²) in [5.74, 6) is 1.63. The summed E-state index contributed by atoms with van der Waals surface area (Å²) in [5.41, 5.74) is 1.23. The number of nitrogens with one attached hydrogen (secondary N) is 2. The van der Waals surface area contributed by atoms with Gasteiger partial charge < -0.3 is 10.6 Å². The van der Waals surface area contributed by atoms with E-state index in [0.717, 1.165) is 18.2 Å². The fourth-order valence-corrected chi connectivity index (χ4v) is 1.93. The average molecular weight is 260 g/mol. The van der Waals surface area contributed by atoms with Crippen molar-refractivity contribution in [2.75, 3.05) is 23.9 Å². The second kappa shape index (κ2) is 6.26. The predicted molar refractivity (Wildman–Crippen MR) is 77.1 cm³/mol. The van der Waals surface area contributed by atoms with Gasteiger partial charge in [-0.05, 0) is 24.0 Å². The molecule has 0 fully saturated rings. The van der Waals surface area contributed by atoms with Crippen LogP contribution in [0.15, 0.2) is 41.6 Å². The van der Waals surface area contributed by atoms with Crippen molar-refractivity contribution in [3.63, 3.8) is 0 Å². The molecule has 0 aliphatic heterocycles. The number of aromatic nitrogens is 2. The first-order chi connectivity index (χ1) is 8.81. The highest BCUT2D eigenvalue weighted by Gasteiger charge is 1.98. The lowest BCUT2D eigenvalue weighted by atomic mass is 10.2.